The molecule has 0 spiro atoms. The van der Waals surface area contributed by atoms with E-state index in [0.29, 0.717) is 6.54 Å². The van der Waals surface area contributed by atoms with Crippen LogP contribution in [0.15, 0.2) is 54.9 Å². The third kappa shape index (κ3) is 3.09. The Morgan fingerprint density at radius 2 is 1.86 bits per heavy atom. The molecule has 0 amide bonds. The number of hydrogen-bond acceptors (Lipinski definition) is 4. The maximum atomic E-state index is 4.42. The SMILES string of the molecule is CN(C)c1ccc(NCc2cn[nH]c2-c2ccccc2)nc1. The van der Waals surface area contributed by atoms with E-state index in [4.69, 9.17) is 0 Å². The van der Waals surface area contributed by atoms with Crippen LogP contribution < -0.4 is 10.2 Å². The van der Waals surface area contributed by atoms with Gasteiger partial charge in [-0.2, -0.15) is 5.10 Å². The smallest absolute Gasteiger partial charge is 0.126 e. The van der Waals surface area contributed by atoms with Crippen molar-refractivity contribution in [1.29, 1.82) is 0 Å². The first-order chi connectivity index (χ1) is 10.7. The van der Waals surface area contributed by atoms with Crippen molar-refractivity contribution >= 4 is 11.5 Å². The van der Waals surface area contributed by atoms with Crippen molar-refractivity contribution in [1.82, 2.24) is 15.2 Å². The summed E-state index contributed by atoms with van der Waals surface area (Å²) in [5, 5.41) is 10.6. The molecule has 2 aromatic heterocycles. The molecular weight excluding hydrogens is 274 g/mol. The quantitative estimate of drug-likeness (QED) is 0.758. The minimum Gasteiger partial charge on any atom is -0.376 e. The summed E-state index contributed by atoms with van der Waals surface area (Å²) in [5.74, 6) is 0.853. The van der Waals surface area contributed by atoms with E-state index in [1.165, 1.54) is 0 Å². The normalized spacial score (nSPS) is 10.5. The predicted octanol–water partition coefficient (Wildman–Crippen LogP) is 3.15. The van der Waals surface area contributed by atoms with Gasteiger partial charge in [-0.3, -0.25) is 5.10 Å². The molecule has 0 unspecified atom stereocenters. The number of pyridine rings is 1. The topological polar surface area (TPSA) is 56.8 Å². The van der Waals surface area contributed by atoms with Crippen LogP contribution in [0.1, 0.15) is 5.56 Å². The van der Waals surface area contributed by atoms with Gasteiger partial charge in [-0.15, -0.1) is 0 Å². The Kier molecular flexibility index (Phi) is 4.05. The summed E-state index contributed by atoms with van der Waals surface area (Å²) in [7, 11) is 4.00. The fourth-order valence-corrected chi connectivity index (χ4v) is 2.24. The van der Waals surface area contributed by atoms with Crippen molar-refractivity contribution in [2.24, 2.45) is 0 Å². The molecule has 112 valence electrons. The van der Waals surface area contributed by atoms with Crippen molar-refractivity contribution in [2.45, 2.75) is 6.54 Å². The summed E-state index contributed by atoms with van der Waals surface area (Å²) >= 11 is 0. The fourth-order valence-electron chi connectivity index (χ4n) is 2.24. The van der Waals surface area contributed by atoms with Gasteiger partial charge in [0.05, 0.1) is 23.8 Å². The molecule has 0 aliphatic rings. The lowest BCUT2D eigenvalue weighted by atomic mass is 10.1. The molecule has 0 aliphatic carbocycles. The number of aromatic nitrogens is 3. The van der Waals surface area contributed by atoms with Gasteiger partial charge >= 0.3 is 0 Å². The molecule has 2 N–H and O–H groups in total. The van der Waals surface area contributed by atoms with Crippen LogP contribution in [0.4, 0.5) is 11.5 Å². The van der Waals surface area contributed by atoms with Crippen LogP contribution in [0.25, 0.3) is 11.3 Å². The number of rotatable bonds is 5. The van der Waals surface area contributed by atoms with E-state index in [-0.39, 0.29) is 0 Å². The van der Waals surface area contributed by atoms with Gasteiger partial charge in [0.2, 0.25) is 0 Å². The second-order valence-corrected chi connectivity index (χ2v) is 5.29. The maximum Gasteiger partial charge on any atom is 0.126 e. The van der Waals surface area contributed by atoms with Gasteiger partial charge in [0, 0.05) is 26.2 Å². The largest absolute Gasteiger partial charge is 0.376 e. The number of nitrogens with zero attached hydrogens (tertiary/aromatic N) is 3. The van der Waals surface area contributed by atoms with Crippen LogP contribution in [-0.4, -0.2) is 29.3 Å². The number of hydrogen-bond donors (Lipinski definition) is 2. The Labute approximate surface area is 130 Å². The lowest BCUT2D eigenvalue weighted by Gasteiger charge is -2.12. The molecule has 0 saturated heterocycles. The fraction of sp³-hybridized carbons (Fsp3) is 0.176. The molecule has 0 saturated carbocycles. The first-order valence-corrected chi connectivity index (χ1v) is 7.19. The van der Waals surface area contributed by atoms with Crippen molar-refractivity contribution in [3.05, 3.63) is 60.4 Å². The molecule has 3 rings (SSSR count). The summed E-state index contributed by atoms with van der Waals surface area (Å²) in [6, 6.07) is 14.2. The molecule has 22 heavy (non-hydrogen) atoms. The summed E-state index contributed by atoms with van der Waals surface area (Å²) in [6.07, 6.45) is 3.71. The lowest BCUT2D eigenvalue weighted by Crippen LogP contribution is -2.09. The van der Waals surface area contributed by atoms with Crippen LogP contribution in [0.3, 0.4) is 0 Å². The van der Waals surface area contributed by atoms with Crippen molar-refractivity contribution in [3.63, 3.8) is 0 Å². The third-order valence-corrected chi connectivity index (χ3v) is 3.50. The molecule has 0 aliphatic heterocycles. The first-order valence-electron chi connectivity index (χ1n) is 7.19. The van der Waals surface area contributed by atoms with Gasteiger partial charge in [0.1, 0.15) is 5.82 Å². The Hall–Kier alpha value is -2.82. The second kappa shape index (κ2) is 6.30. The summed E-state index contributed by atoms with van der Waals surface area (Å²) < 4.78 is 0. The highest BCUT2D eigenvalue weighted by Gasteiger charge is 2.07. The number of H-pyrrole nitrogens is 1. The zero-order valence-electron chi connectivity index (χ0n) is 12.7. The van der Waals surface area contributed by atoms with Gasteiger partial charge in [-0.05, 0) is 17.7 Å². The molecule has 5 heteroatoms. The van der Waals surface area contributed by atoms with Crippen LogP contribution in [0.2, 0.25) is 0 Å². The average Bonchev–Trinajstić information content (AvgIpc) is 3.02. The monoisotopic (exact) mass is 293 g/mol. The Morgan fingerprint density at radius 1 is 1.05 bits per heavy atom. The first kappa shape index (κ1) is 14.1. The molecule has 0 fully saturated rings. The Balaban J connectivity index is 1.71. The number of benzene rings is 1. The number of aromatic amines is 1. The molecule has 1 aromatic carbocycles. The molecule has 3 aromatic rings. The average molecular weight is 293 g/mol. The minimum atomic E-state index is 0.676. The van der Waals surface area contributed by atoms with Crippen LogP contribution in [-0.2, 0) is 6.54 Å². The van der Waals surface area contributed by atoms with Crippen LogP contribution in [0.5, 0.6) is 0 Å². The van der Waals surface area contributed by atoms with Gasteiger partial charge in [0.25, 0.3) is 0 Å². The van der Waals surface area contributed by atoms with E-state index in [0.717, 1.165) is 28.3 Å². The molecule has 2 heterocycles. The Bertz CT molecular complexity index is 716. The maximum absolute atomic E-state index is 4.42. The second-order valence-electron chi connectivity index (χ2n) is 5.29. The molecule has 5 nitrogen and oxygen atoms in total. The van der Waals surface area contributed by atoms with Gasteiger partial charge in [-0.25, -0.2) is 4.98 Å². The van der Waals surface area contributed by atoms with E-state index >= 15 is 0 Å². The van der Waals surface area contributed by atoms with Crippen molar-refractivity contribution in [2.75, 3.05) is 24.3 Å². The molecule has 0 atom stereocenters. The standard InChI is InChI=1S/C17H19N5/c1-22(2)15-8-9-16(19-12-15)18-10-14-11-20-21-17(14)13-6-4-3-5-7-13/h3-9,11-12H,10H2,1-2H3,(H,18,19)(H,20,21). The number of nitrogens with one attached hydrogen (secondary N) is 2. The molecule has 0 bridgehead atoms. The van der Waals surface area contributed by atoms with Crippen molar-refractivity contribution in [3.8, 4) is 11.3 Å². The Morgan fingerprint density at radius 3 is 2.55 bits per heavy atom. The van der Waals surface area contributed by atoms with E-state index in [9.17, 15) is 0 Å². The zero-order chi connectivity index (χ0) is 15.4. The highest BCUT2D eigenvalue weighted by molar-refractivity contribution is 5.63. The number of anilines is 2. The van der Waals surface area contributed by atoms with Gasteiger partial charge in [-0.1, -0.05) is 30.3 Å². The lowest BCUT2D eigenvalue weighted by molar-refractivity contribution is 1.08. The van der Waals surface area contributed by atoms with E-state index in [2.05, 4.69) is 32.6 Å². The van der Waals surface area contributed by atoms with E-state index in [1.54, 1.807) is 0 Å². The van der Waals surface area contributed by atoms with Crippen LogP contribution in [0, 0.1) is 0 Å². The highest BCUT2D eigenvalue weighted by atomic mass is 15.1. The molecular formula is C17H19N5. The summed E-state index contributed by atoms with van der Waals surface area (Å²) in [6.45, 7) is 0.676. The zero-order valence-corrected chi connectivity index (χ0v) is 12.7. The predicted molar refractivity (Wildman–Crippen MR) is 89.9 cm³/mol. The van der Waals surface area contributed by atoms with Gasteiger partial charge < -0.3 is 10.2 Å². The molecule has 0 radical (unpaired) electrons. The summed E-state index contributed by atoms with van der Waals surface area (Å²) in [4.78, 5) is 6.45. The van der Waals surface area contributed by atoms with Gasteiger partial charge in [0.15, 0.2) is 0 Å². The highest BCUT2D eigenvalue weighted by Crippen LogP contribution is 2.21. The van der Waals surface area contributed by atoms with Crippen LogP contribution >= 0.6 is 0 Å². The summed E-state index contributed by atoms with van der Waals surface area (Å²) in [5.41, 5.74) is 4.37. The van der Waals surface area contributed by atoms with E-state index < -0.39 is 0 Å². The minimum absolute atomic E-state index is 0.676. The van der Waals surface area contributed by atoms with E-state index in [1.807, 2.05) is 61.7 Å². The van der Waals surface area contributed by atoms with Crippen molar-refractivity contribution < 1.29 is 0 Å². The third-order valence-electron chi connectivity index (χ3n) is 3.50.